The van der Waals surface area contributed by atoms with Gasteiger partial charge >= 0.3 is 0 Å². The Hall–Kier alpha value is -4.18. The molecule has 0 unspecified atom stereocenters. The third-order valence-electron chi connectivity index (χ3n) is 8.46. The minimum absolute atomic E-state index is 0.0966. The Morgan fingerprint density at radius 2 is 1.12 bits per heavy atom. The van der Waals surface area contributed by atoms with Gasteiger partial charge in [-0.3, -0.25) is 9.59 Å². The third kappa shape index (κ3) is 7.97. The second-order valence-corrected chi connectivity index (χ2v) is 11.4. The summed E-state index contributed by atoms with van der Waals surface area (Å²) in [5, 5.41) is 0. The molecule has 0 aromatic heterocycles. The molecule has 4 nitrogen and oxygen atoms in total. The van der Waals surface area contributed by atoms with Gasteiger partial charge < -0.3 is 9.80 Å². The number of nitrogens with zero attached hydrogens (tertiary/aromatic N) is 2. The van der Waals surface area contributed by atoms with Crippen LogP contribution >= 0.6 is 0 Å². The van der Waals surface area contributed by atoms with Gasteiger partial charge in [-0.25, -0.2) is 0 Å². The molecule has 0 spiro atoms. The summed E-state index contributed by atoms with van der Waals surface area (Å²) < 4.78 is 0. The maximum Gasteiger partial charge on any atom is 0.234 e. The van der Waals surface area contributed by atoms with Crippen LogP contribution in [-0.2, 0) is 22.6 Å². The molecule has 0 bridgehead atoms. The number of hydrogen-bond acceptors (Lipinski definition) is 2. The summed E-state index contributed by atoms with van der Waals surface area (Å²) in [5.41, 5.74) is 4.33. The molecule has 0 saturated heterocycles. The number of benzene rings is 4. The van der Waals surface area contributed by atoms with Crippen LogP contribution in [0.5, 0.6) is 0 Å². The molecule has 0 aliphatic heterocycles. The Balaban J connectivity index is 1.37. The van der Waals surface area contributed by atoms with Gasteiger partial charge in [-0.2, -0.15) is 0 Å². The predicted molar refractivity (Wildman–Crippen MR) is 170 cm³/mol. The highest BCUT2D eigenvalue weighted by molar-refractivity contribution is 5.88. The standard InChI is InChI=1S/C38H42N2O2/c41-36(39(30-32-18-8-2-9-19-32)28-26-31-16-6-1-7-17-31)27-29-40(35-24-14-5-15-25-35)38(42)37(33-20-10-3-11-21-33)34-22-12-4-13-23-34/h1-4,6-13,16-23,35,37H,5,14-15,24-30H2. The van der Waals surface area contributed by atoms with Crippen LogP contribution in [0.2, 0.25) is 0 Å². The molecule has 0 heterocycles. The van der Waals surface area contributed by atoms with Crippen molar-refractivity contribution in [3.63, 3.8) is 0 Å². The summed E-state index contributed by atoms with van der Waals surface area (Å²) >= 11 is 0. The maximum atomic E-state index is 14.5. The van der Waals surface area contributed by atoms with Crippen LogP contribution in [0.1, 0.15) is 66.7 Å². The van der Waals surface area contributed by atoms with Crippen LogP contribution in [0.15, 0.2) is 121 Å². The van der Waals surface area contributed by atoms with Crippen LogP contribution < -0.4 is 0 Å². The predicted octanol–water partition coefficient (Wildman–Crippen LogP) is 7.64. The smallest absolute Gasteiger partial charge is 0.234 e. The number of carbonyl (C=O) groups excluding carboxylic acids is 2. The van der Waals surface area contributed by atoms with Crippen molar-refractivity contribution in [3.05, 3.63) is 144 Å². The SMILES string of the molecule is O=C(CCN(C(=O)C(c1ccccc1)c1ccccc1)C1CCCCC1)N(CCc1ccccc1)Cc1ccccc1. The van der Waals surface area contributed by atoms with Crippen molar-refractivity contribution in [2.24, 2.45) is 0 Å². The van der Waals surface area contributed by atoms with E-state index in [1.165, 1.54) is 12.0 Å². The highest BCUT2D eigenvalue weighted by Gasteiger charge is 2.33. The molecule has 4 aromatic rings. The fraction of sp³-hybridized carbons (Fsp3) is 0.316. The molecule has 1 fully saturated rings. The Morgan fingerprint density at radius 3 is 1.67 bits per heavy atom. The number of rotatable bonds is 12. The molecule has 2 amide bonds. The zero-order valence-corrected chi connectivity index (χ0v) is 24.5. The maximum absolute atomic E-state index is 14.5. The van der Waals surface area contributed by atoms with Crippen LogP contribution in [0.25, 0.3) is 0 Å². The lowest BCUT2D eigenvalue weighted by atomic mass is 9.87. The fourth-order valence-electron chi connectivity index (χ4n) is 6.18. The zero-order valence-electron chi connectivity index (χ0n) is 24.5. The molecular weight excluding hydrogens is 516 g/mol. The van der Waals surface area contributed by atoms with Gasteiger partial charge in [0.15, 0.2) is 0 Å². The summed E-state index contributed by atoms with van der Waals surface area (Å²) in [6.45, 7) is 1.65. The van der Waals surface area contributed by atoms with E-state index >= 15 is 0 Å². The van der Waals surface area contributed by atoms with E-state index in [0.29, 0.717) is 26.1 Å². The first-order chi connectivity index (χ1) is 20.7. The van der Waals surface area contributed by atoms with Gasteiger partial charge in [0, 0.05) is 32.1 Å². The number of carbonyl (C=O) groups is 2. The minimum Gasteiger partial charge on any atom is -0.338 e. The van der Waals surface area contributed by atoms with Gasteiger partial charge in [-0.15, -0.1) is 0 Å². The van der Waals surface area contributed by atoms with E-state index in [0.717, 1.165) is 48.8 Å². The quantitative estimate of drug-likeness (QED) is 0.179. The molecule has 216 valence electrons. The van der Waals surface area contributed by atoms with Crippen LogP contribution in [-0.4, -0.2) is 40.7 Å². The highest BCUT2D eigenvalue weighted by Crippen LogP contribution is 2.31. The van der Waals surface area contributed by atoms with E-state index in [1.54, 1.807) is 0 Å². The van der Waals surface area contributed by atoms with Crippen molar-refractivity contribution >= 4 is 11.8 Å². The average Bonchev–Trinajstić information content (AvgIpc) is 3.05. The molecule has 4 aromatic carbocycles. The minimum atomic E-state index is -0.386. The molecule has 0 radical (unpaired) electrons. The lowest BCUT2D eigenvalue weighted by molar-refractivity contribution is -0.137. The van der Waals surface area contributed by atoms with E-state index in [1.807, 2.05) is 102 Å². The van der Waals surface area contributed by atoms with E-state index in [4.69, 9.17) is 0 Å². The first-order valence-corrected chi connectivity index (χ1v) is 15.4. The summed E-state index contributed by atoms with van der Waals surface area (Å²) in [6.07, 6.45) is 6.58. The van der Waals surface area contributed by atoms with Crippen LogP contribution in [0.3, 0.4) is 0 Å². The molecule has 42 heavy (non-hydrogen) atoms. The largest absolute Gasteiger partial charge is 0.338 e. The molecule has 1 aliphatic carbocycles. The van der Waals surface area contributed by atoms with Crippen LogP contribution in [0, 0.1) is 0 Å². The average molecular weight is 559 g/mol. The Labute approximate surface area is 251 Å². The summed E-state index contributed by atoms with van der Waals surface area (Å²) in [4.78, 5) is 32.4. The molecule has 5 rings (SSSR count). The van der Waals surface area contributed by atoms with Crippen molar-refractivity contribution in [2.75, 3.05) is 13.1 Å². The Bertz CT molecular complexity index is 1330. The summed E-state index contributed by atoms with van der Waals surface area (Å²) in [6, 6.07) is 40.9. The van der Waals surface area contributed by atoms with E-state index in [2.05, 4.69) is 29.2 Å². The Kier molecular flexibility index (Phi) is 10.6. The molecule has 0 N–H and O–H groups in total. The van der Waals surface area contributed by atoms with Gasteiger partial charge in [0.1, 0.15) is 0 Å². The lowest BCUT2D eigenvalue weighted by Crippen LogP contribution is -2.46. The van der Waals surface area contributed by atoms with Crippen molar-refractivity contribution in [2.45, 2.75) is 63.5 Å². The van der Waals surface area contributed by atoms with Gasteiger partial charge in [0.25, 0.3) is 0 Å². The van der Waals surface area contributed by atoms with Crippen LogP contribution in [0.4, 0.5) is 0 Å². The molecular formula is C38H42N2O2. The van der Waals surface area contributed by atoms with Gasteiger partial charge in [-0.1, -0.05) is 141 Å². The molecule has 4 heteroatoms. The molecule has 0 atom stereocenters. The Morgan fingerprint density at radius 1 is 0.619 bits per heavy atom. The first-order valence-electron chi connectivity index (χ1n) is 15.4. The van der Waals surface area contributed by atoms with Crippen molar-refractivity contribution in [3.8, 4) is 0 Å². The van der Waals surface area contributed by atoms with E-state index < -0.39 is 0 Å². The number of hydrogen-bond donors (Lipinski definition) is 0. The summed E-state index contributed by atoms with van der Waals surface area (Å²) in [5.74, 6) is -0.187. The topological polar surface area (TPSA) is 40.6 Å². The van der Waals surface area contributed by atoms with Crippen molar-refractivity contribution < 1.29 is 9.59 Å². The zero-order chi connectivity index (χ0) is 29.0. The highest BCUT2D eigenvalue weighted by atomic mass is 16.2. The second-order valence-electron chi connectivity index (χ2n) is 11.4. The van der Waals surface area contributed by atoms with Gasteiger partial charge in [0.05, 0.1) is 5.92 Å². The second kappa shape index (κ2) is 15.2. The third-order valence-corrected chi connectivity index (χ3v) is 8.46. The normalized spacial score (nSPS) is 13.5. The molecule has 1 saturated carbocycles. The fourth-order valence-corrected chi connectivity index (χ4v) is 6.18. The first kappa shape index (κ1) is 29.3. The lowest BCUT2D eigenvalue weighted by Gasteiger charge is -2.37. The van der Waals surface area contributed by atoms with Crippen molar-refractivity contribution in [1.82, 2.24) is 9.80 Å². The van der Waals surface area contributed by atoms with Crippen molar-refractivity contribution in [1.29, 1.82) is 0 Å². The number of amides is 2. The van der Waals surface area contributed by atoms with Gasteiger partial charge in [-0.05, 0) is 41.5 Å². The van der Waals surface area contributed by atoms with E-state index in [-0.39, 0.29) is 23.8 Å². The molecule has 1 aliphatic rings. The monoisotopic (exact) mass is 558 g/mol. The van der Waals surface area contributed by atoms with E-state index in [9.17, 15) is 9.59 Å². The van der Waals surface area contributed by atoms with Gasteiger partial charge in [0.2, 0.25) is 11.8 Å². The summed E-state index contributed by atoms with van der Waals surface area (Å²) in [7, 11) is 0.